The van der Waals surface area contributed by atoms with E-state index in [-0.39, 0.29) is 5.92 Å². The molecular formula is C15H22N2O2S. The summed E-state index contributed by atoms with van der Waals surface area (Å²) in [6.07, 6.45) is 6.02. The predicted octanol–water partition coefficient (Wildman–Crippen LogP) is 3.73. The summed E-state index contributed by atoms with van der Waals surface area (Å²) >= 11 is 1.37. The van der Waals surface area contributed by atoms with Crippen LogP contribution in [-0.4, -0.2) is 28.6 Å². The minimum absolute atomic E-state index is 0.216. The lowest BCUT2D eigenvalue weighted by Gasteiger charge is -2.21. The first-order valence-corrected chi connectivity index (χ1v) is 8.42. The average Bonchev–Trinajstić information content (AvgIpc) is 3.32. The Balaban J connectivity index is 1.89. The molecule has 20 heavy (non-hydrogen) atoms. The van der Waals surface area contributed by atoms with Gasteiger partial charge in [0.15, 0.2) is 5.13 Å². The molecule has 0 aliphatic heterocycles. The van der Waals surface area contributed by atoms with Crippen molar-refractivity contribution in [3.63, 3.8) is 0 Å². The fourth-order valence-corrected chi connectivity index (χ4v) is 3.58. The Morgan fingerprint density at radius 3 is 2.65 bits per heavy atom. The van der Waals surface area contributed by atoms with Gasteiger partial charge in [0.05, 0.1) is 5.69 Å². The van der Waals surface area contributed by atoms with Crippen LogP contribution in [0, 0.1) is 5.92 Å². The van der Waals surface area contributed by atoms with Gasteiger partial charge in [0, 0.05) is 12.6 Å². The van der Waals surface area contributed by atoms with Crippen LogP contribution in [0.3, 0.4) is 0 Å². The zero-order valence-electron chi connectivity index (χ0n) is 12.1. The summed E-state index contributed by atoms with van der Waals surface area (Å²) < 4.78 is 0. The third kappa shape index (κ3) is 2.82. The van der Waals surface area contributed by atoms with Gasteiger partial charge < -0.3 is 10.0 Å². The first kappa shape index (κ1) is 13.9. The minimum atomic E-state index is -0.828. The van der Waals surface area contributed by atoms with Crippen LogP contribution in [0.5, 0.6) is 0 Å². The molecule has 1 aromatic heterocycles. The molecule has 0 amide bonds. The number of hydrogen-bond donors (Lipinski definition) is 1. The quantitative estimate of drug-likeness (QED) is 0.832. The van der Waals surface area contributed by atoms with Crippen molar-refractivity contribution in [2.75, 3.05) is 11.4 Å². The van der Waals surface area contributed by atoms with Gasteiger partial charge >= 0.3 is 5.97 Å². The second-order valence-electron chi connectivity index (χ2n) is 6.15. The molecule has 0 aromatic carbocycles. The molecular weight excluding hydrogens is 272 g/mol. The van der Waals surface area contributed by atoms with Crippen molar-refractivity contribution in [3.05, 3.63) is 10.6 Å². The monoisotopic (exact) mass is 294 g/mol. The highest BCUT2D eigenvalue weighted by Gasteiger charge is 2.36. The number of hydrogen-bond acceptors (Lipinski definition) is 4. The van der Waals surface area contributed by atoms with Crippen LogP contribution in [0.1, 0.15) is 67.2 Å². The molecule has 3 rings (SSSR count). The zero-order valence-corrected chi connectivity index (χ0v) is 12.9. The van der Waals surface area contributed by atoms with Crippen molar-refractivity contribution in [2.45, 2.75) is 57.9 Å². The van der Waals surface area contributed by atoms with Crippen molar-refractivity contribution >= 4 is 22.4 Å². The summed E-state index contributed by atoms with van der Waals surface area (Å²) in [6.45, 7) is 5.21. The molecule has 2 saturated carbocycles. The van der Waals surface area contributed by atoms with E-state index in [9.17, 15) is 9.90 Å². The number of aromatic carboxylic acids is 1. The number of thiazole rings is 1. The number of carbonyl (C=O) groups is 1. The van der Waals surface area contributed by atoms with Crippen LogP contribution in [-0.2, 0) is 0 Å². The van der Waals surface area contributed by atoms with Crippen LogP contribution in [0.4, 0.5) is 5.13 Å². The summed E-state index contributed by atoms with van der Waals surface area (Å²) in [7, 11) is 0. The van der Waals surface area contributed by atoms with Gasteiger partial charge in [-0.1, -0.05) is 25.2 Å². The molecule has 4 nitrogen and oxygen atoms in total. The Kier molecular flexibility index (Phi) is 3.71. The molecule has 1 heterocycles. The molecule has 2 aliphatic rings. The predicted molar refractivity (Wildman–Crippen MR) is 80.9 cm³/mol. The first-order chi connectivity index (χ1) is 9.60. The number of anilines is 1. The molecule has 0 spiro atoms. The second-order valence-corrected chi connectivity index (χ2v) is 7.13. The van der Waals surface area contributed by atoms with Gasteiger partial charge in [-0.15, -0.1) is 0 Å². The van der Waals surface area contributed by atoms with Crippen LogP contribution in [0.25, 0.3) is 0 Å². The SMILES string of the molecule is CCC(C)c1nc(N(CC2CC2)C2CC2)sc1C(=O)O. The lowest BCUT2D eigenvalue weighted by atomic mass is 10.0. The van der Waals surface area contributed by atoms with E-state index in [0.29, 0.717) is 10.9 Å². The van der Waals surface area contributed by atoms with Crippen LogP contribution < -0.4 is 4.90 Å². The zero-order chi connectivity index (χ0) is 14.3. The van der Waals surface area contributed by atoms with Gasteiger partial charge in [0.25, 0.3) is 0 Å². The fourth-order valence-electron chi connectivity index (χ4n) is 2.47. The average molecular weight is 294 g/mol. The Morgan fingerprint density at radius 1 is 1.45 bits per heavy atom. The van der Waals surface area contributed by atoms with E-state index in [1.807, 2.05) is 0 Å². The Labute approximate surface area is 123 Å². The third-order valence-corrected chi connectivity index (χ3v) is 5.40. The molecule has 2 fully saturated rings. The van der Waals surface area contributed by atoms with Gasteiger partial charge in [0.1, 0.15) is 4.88 Å². The first-order valence-electron chi connectivity index (χ1n) is 7.60. The largest absolute Gasteiger partial charge is 0.477 e. The van der Waals surface area contributed by atoms with E-state index in [1.165, 1.54) is 37.0 Å². The third-order valence-electron chi connectivity index (χ3n) is 4.30. The molecule has 5 heteroatoms. The Morgan fingerprint density at radius 2 is 2.15 bits per heavy atom. The number of aromatic nitrogens is 1. The Bertz CT molecular complexity index is 506. The van der Waals surface area contributed by atoms with E-state index >= 15 is 0 Å². The molecule has 110 valence electrons. The standard InChI is InChI=1S/C15H22N2O2S/c1-3-9(2)12-13(14(18)19)20-15(16-12)17(11-6-7-11)8-10-4-5-10/h9-11H,3-8H2,1-2H3,(H,18,19). The maximum atomic E-state index is 11.4. The molecule has 2 aliphatic carbocycles. The highest BCUT2D eigenvalue weighted by atomic mass is 32.1. The summed E-state index contributed by atoms with van der Waals surface area (Å²) in [5, 5.41) is 10.3. The molecule has 1 N–H and O–H groups in total. The molecule has 0 bridgehead atoms. The molecule has 1 aromatic rings. The molecule has 0 saturated heterocycles. The van der Waals surface area contributed by atoms with E-state index in [4.69, 9.17) is 4.98 Å². The van der Waals surface area contributed by atoms with Crippen LogP contribution in [0.15, 0.2) is 0 Å². The van der Waals surface area contributed by atoms with Crippen molar-refractivity contribution < 1.29 is 9.90 Å². The Hall–Kier alpha value is -1.10. The van der Waals surface area contributed by atoms with Gasteiger partial charge in [-0.3, -0.25) is 0 Å². The van der Waals surface area contributed by atoms with E-state index in [1.54, 1.807) is 0 Å². The van der Waals surface area contributed by atoms with E-state index in [2.05, 4.69) is 18.7 Å². The van der Waals surface area contributed by atoms with Crippen LogP contribution >= 0.6 is 11.3 Å². The number of rotatable bonds is 7. The summed E-state index contributed by atoms with van der Waals surface area (Å²) in [6, 6.07) is 0.605. The number of carboxylic acids is 1. The minimum Gasteiger partial charge on any atom is -0.477 e. The molecule has 1 atom stereocenters. The van der Waals surface area contributed by atoms with Crippen molar-refractivity contribution in [1.82, 2.24) is 4.98 Å². The second kappa shape index (κ2) is 5.35. The molecule has 0 radical (unpaired) electrons. The lowest BCUT2D eigenvalue weighted by molar-refractivity contribution is 0.0700. The van der Waals surface area contributed by atoms with Gasteiger partial charge in [-0.2, -0.15) is 0 Å². The summed E-state index contributed by atoms with van der Waals surface area (Å²) in [5.74, 6) is 0.194. The number of carboxylic acid groups (broad SMARTS) is 1. The van der Waals surface area contributed by atoms with Gasteiger partial charge in [0.2, 0.25) is 0 Å². The number of nitrogens with zero attached hydrogens (tertiary/aromatic N) is 2. The van der Waals surface area contributed by atoms with Crippen molar-refractivity contribution in [3.8, 4) is 0 Å². The highest BCUT2D eigenvalue weighted by molar-refractivity contribution is 7.17. The maximum Gasteiger partial charge on any atom is 0.347 e. The lowest BCUT2D eigenvalue weighted by Crippen LogP contribution is -2.27. The van der Waals surface area contributed by atoms with Crippen LogP contribution in [0.2, 0.25) is 0 Å². The van der Waals surface area contributed by atoms with E-state index < -0.39 is 5.97 Å². The van der Waals surface area contributed by atoms with Gasteiger partial charge in [-0.05, 0) is 43.9 Å². The smallest absolute Gasteiger partial charge is 0.347 e. The van der Waals surface area contributed by atoms with Gasteiger partial charge in [-0.25, -0.2) is 9.78 Å². The summed E-state index contributed by atoms with van der Waals surface area (Å²) in [4.78, 5) is 19.0. The van der Waals surface area contributed by atoms with E-state index in [0.717, 1.165) is 29.7 Å². The fraction of sp³-hybridized carbons (Fsp3) is 0.733. The normalized spacial score (nSPS) is 19.9. The summed E-state index contributed by atoms with van der Waals surface area (Å²) in [5.41, 5.74) is 0.779. The van der Waals surface area contributed by atoms with Crippen molar-refractivity contribution in [2.24, 2.45) is 5.92 Å². The van der Waals surface area contributed by atoms with Crippen molar-refractivity contribution in [1.29, 1.82) is 0 Å². The topological polar surface area (TPSA) is 53.4 Å². The highest BCUT2D eigenvalue weighted by Crippen LogP contribution is 2.41. The molecule has 1 unspecified atom stereocenters. The maximum absolute atomic E-state index is 11.4.